The van der Waals surface area contributed by atoms with Crippen LogP contribution in [0.2, 0.25) is 0 Å². The average Bonchev–Trinajstić information content (AvgIpc) is 3.30. The van der Waals surface area contributed by atoms with E-state index in [1.165, 1.54) is 23.2 Å². The Morgan fingerprint density at radius 2 is 2.12 bits per heavy atom. The maximum Gasteiger partial charge on any atom is 0.261 e. The van der Waals surface area contributed by atoms with E-state index in [0.717, 1.165) is 34.8 Å². The number of nitrogens with one attached hydrogen (secondary N) is 1. The van der Waals surface area contributed by atoms with Gasteiger partial charge in [0.2, 0.25) is 0 Å². The molecule has 3 aromatic rings. The highest BCUT2D eigenvalue weighted by molar-refractivity contribution is 7.14. The van der Waals surface area contributed by atoms with E-state index in [4.69, 9.17) is 0 Å². The van der Waals surface area contributed by atoms with Crippen LogP contribution in [0.3, 0.4) is 0 Å². The van der Waals surface area contributed by atoms with E-state index in [-0.39, 0.29) is 5.91 Å². The molecule has 0 fully saturated rings. The van der Waals surface area contributed by atoms with Crippen LogP contribution >= 0.6 is 11.3 Å². The molecule has 1 aliphatic carbocycles. The molecule has 2 heterocycles. The van der Waals surface area contributed by atoms with E-state index >= 15 is 0 Å². The Hall–Kier alpha value is -2.47. The van der Waals surface area contributed by atoms with E-state index in [1.54, 1.807) is 22.3 Å². The summed E-state index contributed by atoms with van der Waals surface area (Å²) in [5, 5.41) is 7.15. The maximum atomic E-state index is 12.5. The van der Waals surface area contributed by atoms with Crippen molar-refractivity contribution in [1.29, 1.82) is 0 Å². The Balaban J connectivity index is 1.34. The number of thiophene rings is 1. The van der Waals surface area contributed by atoms with Crippen LogP contribution in [-0.2, 0) is 25.9 Å². The first-order valence-corrected chi connectivity index (χ1v) is 9.79. The van der Waals surface area contributed by atoms with Crippen molar-refractivity contribution in [1.82, 2.24) is 20.1 Å². The molecule has 134 valence electrons. The summed E-state index contributed by atoms with van der Waals surface area (Å²) in [7, 11) is 0. The van der Waals surface area contributed by atoms with Gasteiger partial charge >= 0.3 is 0 Å². The van der Waals surface area contributed by atoms with Gasteiger partial charge in [-0.1, -0.05) is 31.2 Å². The van der Waals surface area contributed by atoms with Crippen LogP contribution in [-0.4, -0.2) is 20.7 Å². The van der Waals surface area contributed by atoms with Crippen molar-refractivity contribution in [2.45, 2.75) is 39.3 Å². The zero-order valence-electron chi connectivity index (χ0n) is 14.8. The molecule has 0 bridgehead atoms. The summed E-state index contributed by atoms with van der Waals surface area (Å²) in [4.78, 5) is 18.7. The zero-order chi connectivity index (χ0) is 17.9. The number of carbonyl (C=O) groups is 1. The van der Waals surface area contributed by atoms with Crippen LogP contribution in [0.5, 0.6) is 0 Å². The summed E-state index contributed by atoms with van der Waals surface area (Å²) in [5.41, 5.74) is 3.62. The number of hydrogen-bond donors (Lipinski definition) is 1. The molecule has 0 saturated heterocycles. The van der Waals surface area contributed by atoms with Gasteiger partial charge in [-0.05, 0) is 47.9 Å². The summed E-state index contributed by atoms with van der Waals surface area (Å²) in [6.45, 7) is 3.53. The quantitative estimate of drug-likeness (QED) is 0.752. The number of hydrogen-bond acceptors (Lipinski definition) is 4. The van der Waals surface area contributed by atoms with Crippen LogP contribution in [0, 0.1) is 5.92 Å². The van der Waals surface area contributed by atoms with Crippen molar-refractivity contribution in [2.75, 3.05) is 0 Å². The molecule has 6 heteroatoms. The SMILES string of the molecule is CC1CCc2sc(C(=O)NCc3ccc(Cn4cncn4)cc3)cc2C1. The van der Waals surface area contributed by atoms with Crippen LogP contribution in [0.25, 0.3) is 0 Å². The van der Waals surface area contributed by atoms with Crippen LogP contribution < -0.4 is 5.32 Å². The van der Waals surface area contributed by atoms with Gasteiger partial charge in [-0.2, -0.15) is 5.10 Å². The second-order valence-electron chi connectivity index (χ2n) is 7.00. The van der Waals surface area contributed by atoms with Gasteiger partial charge in [-0.25, -0.2) is 9.67 Å². The molecule has 4 rings (SSSR count). The molecule has 0 spiro atoms. The molecule has 5 nitrogen and oxygen atoms in total. The third kappa shape index (κ3) is 3.85. The van der Waals surface area contributed by atoms with Gasteiger partial charge < -0.3 is 5.32 Å². The number of nitrogens with zero attached hydrogens (tertiary/aromatic N) is 3. The van der Waals surface area contributed by atoms with Gasteiger partial charge in [0.15, 0.2) is 0 Å². The smallest absolute Gasteiger partial charge is 0.261 e. The molecule has 1 aliphatic rings. The lowest BCUT2D eigenvalue weighted by molar-refractivity contribution is 0.0955. The maximum absolute atomic E-state index is 12.5. The summed E-state index contributed by atoms with van der Waals surface area (Å²) in [5.74, 6) is 0.757. The Bertz CT molecular complexity index is 883. The van der Waals surface area contributed by atoms with Crippen molar-refractivity contribution < 1.29 is 4.79 Å². The molecule has 2 aromatic heterocycles. The molecular formula is C20H22N4OS. The zero-order valence-corrected chi connectivity index (χ0v) is 15.6. The normalized spacial score (nSPS) is 16.3. The Kier molecular flexibility index (Phi) is 4.84. The highest BCUT2D eigenvalue weighted by Gasteiger charge is 2.20. The minimum absolute atomic E-state index is 0.0312. The number of amides is 1. The topological polar surface area (TPSA) is 59.8 Å². The summed E-state index contributed by atoms with van der Waals surface area (Å²) in [6, 6.07) is 10.3. The lowest BCUT2D eigenvalue weighted by Gasteiger charge is -2.16. The summed E-state index contributed by atoms with van der Waals surface area (Å²) < 4.78 is 1.79. The molecule has 0 saturated carbocycles. The average molecular weight is 366 g/mol. The Morgan fingerprint density at radius 1 is 1.31 bits per heavy atom. The van der Waals surface area contributed by atoms with E-state index in [1.807, 2.05) is 12.1 Å². The van der Waals surface area contributed by atoms with Crippen molar-refractivity contribution in [3.05, 3.63) is 69.4 Å². The highest BCUT2D eigenvalue weighted by atomic mass is 32.1. The van der Waals surface area contributed by atoms with E-state index < -0.39 is 0 Å². The van der Waals surface area contributed by atoms with Crippen LogP contribution in [0.1, 0.15) is 44.6 Å². The number of aryl methyl sites for hydroxylation is 1. The fraction of sp³-hybridized carbons (Fsp3) is 0.350. The number of benzene rings is 1. The highest BCUT2D eigenvalue weighted by Crippen LogP contribution is 2.32. The second-order valence-corrected chi connectivity index (χ2v) is 8.14. The Labute approximate surface area is 157 Å². The number of fused-ring (bicyclic) bond motifs is 1. The summed E-state index contributed by atoms with van der Waals surface area (Å²) in [6.07, 6.45) is 6.69. The number of rotatable bonds is 5. The van der Waals surface area contributed by atoms with Crippen molar-refractivity contribution >= 4 is 17.2 Å². The molecule has 0 radical (unpaired) electrons. The minimum Gasteiger partial charge on any atom is -0.347 e. The molecule has 1 atom stereocenters. The van der Waals surface area contributed by atoms with E-state index in [2.05, 4.69) is 40.5 Å². The molecule has 1 N–H and O–H groups in total. The third-order valence-electron chi connectivity index (χ3n) is 4.84. The van der Waals surface area contributed by atoms with Gasteiger partial charge in [0.05, 0.1) is 11.4 Å². The standard InChI is InChI=1S/C20H22N4OS/c1-14-2-7-18-17(8-14)9-19(26-18)20(25)22-10-15-3-5-16(6-4-15)11-24-13-21-12-23-24/h3-6,9,12-14H,2,7-8,10-11H2,1H3,(H,22,25). The van der Waals surface area contributed by atoms with Crippen LogP contribution in [0.4, 0.5) is 0 Å². The van der Waals surface area contributed by atoms with Gasteiger partial charge in [-0.15, -0.1) is 11.3 Å². The number of aromatic nitrogens is 3. The molecular weight excluding hydrogens is 344 g/mol. The first kappa shape index (κ1) is 17.0. The first-order valence-electron chi connectivity index (χ1n) is 8.97. The molecule has 1 amide bonds. The fourth-order valence-electron chi connectivity index (χ4n) is 3.35. The van der Waals surface area contributed by atoms with Gasteiger partial charge in [-0.3, -0.25) is 4.79 Å². The summed E-state index contributed by atoms with van der Waals surface area (Å²) >= 11 is 1.66. The molecule has 0 aliphatic heterocycles. The Morgan fingerprint density at radius 3 is 2.88 bits per heavy atom. The minimum atomic E-state index is 0.0312. The lowest BCUT2D eigenvalue weighted by atomic mass is 9.90. The van der Waals surface area contributed by atoms with Gasteiger partial charge in [0.25, 0.3) is 5.91 Å². The second kappa shape index (κ2) is 7.41. The predicted octanol–water partition coefficient (Wildman–Crippen LogP) is 3.44. The molecule has 26 heavy (non-hydrogen) atoms. The predicted molar refractivity (Wildman–Crippen MR) is 102 cm³/mol. The monoisotopic (exact) mass is 366 g/mol. The fourth-order valence-corrected chi connectivity index (χ4v) is 4.48. The number of carbonyl (C=O) groups excluding carboxylic acids is 1. The van der Waals surface area contributed by atoms with Crippen molar-refractivity contribution in [2.24, 2.45) is 5.92 Å². The third-order valence-corrected chi connectivity index (χ3v) is 6.08. The molecule has 1 aromatic carbocycles. The van der Waals surface area contributed by atoms with Crippen molar-refractivity contribution in [3.63, 3.8) is 0 Å². The van der Waals surface area contributed by atoms with Crippen LogP contribution in [0.15, 0.2) is 43.0 Å². The lowest BCUT2D eigenvalue weighted by Crippen LogP contribution is -2.21. The first-order chi connectivity index (χ1) is 12.7. The molecule has 1 unspecified atom stereocenters. The van der Waals surface area contributed by atoms with E-state index in [9.17, 15) is 4.79 Å². The van der Waals surface area contributed by atoms with Crippen molar-refractivity contribution in [3.8, 4) is 0 Å². The largest absolute Gasteiger partial charge is 0.347 e. The van der Waals surface area contributed by atoms with Gasteiger partial charge in [0.1, 0.15) is 12.7 Å². The van der Waals surface area contributed by atoms with E-state index in [0.29, 0.717) is 13.1 Å². The van der Waals surface area contributed by atoms with Gasteiger partial charge in [0, 0.05) is 11.4 Å².